The molecule has 0 saturated carbocycles. The van der Waals surface area contributed by atoms with Gasteiger partial charge in [-0.25, -0.2) is 19.9 Å². The van der Waals surface area contributed by atoms with E-state index in [1.54, 1.807) is 0 Å². The summed E-state index contributed by atoms with van der Waals surface area (Å²) < 4.78 is 0. The van der Waals surface area contributed by atoms with Gasteiger partial charge < -0.3 is 4.90 Å². The van der Waals surface area contributed by atoms with Crippen LogP contribution in [0.4, 0.5) is 17.1 Å². The predicted molar refractivity (Wildman–Crippen MR) is 239 cm³/mol. The Morgan fingerprint density at radius 2 is 0.684 bits per heavy atom. The maximum atomic E-state index is 5.18. The Labute approximate surface area is 337 Å². The quantitative estimate of drug-likeness (QED) is 0.0922. The topological polar surface area (TPSA) is 54.8 Å². The summed E-state index contributed by atoms with van der Waals surface area (Å²) in [6.45, 7) is 4.51. The molecule has 8 rings (SSSR count). The van der Waals surface area contributed by atoms with E-state index in [1.807, 2.05) is 24.3 Å². The molecule has 0 unspecified atom stereocenters. The molecule has 0 aliphatic heterocycles. The van der Waals surface area contributed by atoms with E-state index in [9.17, 15) is 0 Å². The number of aromatic nitrogens is 4. The SMILES string of the molecule is CCCCCCc1nc2ccccc2nc1-c1ccc(N(c2ccc(-c3ccccc3)cc2)c2ccc(-c3nc4ccccc4nc3CCCCCC)cc2)cc1. The summed E-state index contributed by atoms with van der Waals surface area (Å²) in [4.78, 5) is 23.0. The molecule has 6 aromatic carbocycles. The lowest BCUT2D eigenvalue weighted by Gasteiger charge is -2.26. The van der Waals surface area contributed by atoms with E-state index in [-0.39, 0.29) is 0 Å². The van der Waals surface area contributed by atoms with Gasteiger partial charge in [-0.15, -0.1) is 0 Å². The molecule has 0 fully saturated rings. The Kier molecular flexibility index (Phi) is 12.0. The number of fused-ring (bicyclic) bond motifs is 2. The van der Waals surface area contributed by atoms with Crippen LogP contribution in [0.25, 0.3) is 55.7 Å². The third-order valence-corrected chi connectivity index (χ3v) is 10.9. The number of hydrogen-bond acceptors (Lipinski definition) is 5. The molecular weight excluding hydrogens is 695 g/mol. The van der Waals surface area contributed by atoms with Gasteiger partial charge in [-0.2, -0.15) is 0 Å². The molecular formula is C52H51N5. The summed E-state index contributed by atoms with van der Waals surface area (Å²) in [5.74, 6) is 0. The van der Waals surface area contributed by atoms with Crippen LogP contribution in [0.1, 0.15) is 76.6 Å². The van der Waals surface area contributed by atoms with E-state index in [1.165, 1.54) is 49.7 Å². The second-order valence-corrected chi connectivity index (χ2v) is 15.0. The summed E-state index contributed by atoms with van der Waals surface area (Å²) in [6.07, 6.45) is 11.4. The highest BCUT2D eigenvalue weighted by Crippen LogP contribution is 2.38. The Morgan fingerprint density at radius 3 is 1.09 bits per heavy atom. The van der Waals surface area contributed by atoms with Gasteiger partial charge in [0.2, 0.25) is 0 Å². The third kappa shape index (κ3) is 8.79. The highest BCUT2D eigenvalue weighted by molar-refractivity contribution is 5.83. The van der Waals surface area contributed by atoms with Crippen molar-refractivity contribution in [3.05, 3.63) is 163 Å². The average molecular weight is 746 g/mol. The molecule has 0 aliphatic carbocycles. The van der Waals surface area contributed by atoms with Gasteiger partial charge in [0.25, 0.3) is 0 Å². The zero-order valence-corrected chi connectivity index (χ0v) is 33.2. The molecule has 284 valence electrons. The van der Waals surface area contributed by atoms with Gasteiger partial charge in [0.15, 0.2) is 0 Å². The van der Waals surface area contributed by atoms with Crippen LogP contribution in [-0.2, 0) is 12.8 Å². The van der Waals surface area contributed by atoms with E-state index < -0.39 is 0 Å². The van der Waals surface area contributed by atoms with Crippen molar-refractivity contribution in [2.45, 2.75) is 78.1 Å². The summed E-state index contributed by atoms with van der Waals surface area (Å²) >= 11 is 0. The molecule has 2 aromatic heterocycles. The standard InChI is InChI=1S/C52H51N5/c1-3-5-7-12-24-49-51(55-47-22-16-14-20-45(47)53-49)40-28-34-43(35-29-40)57(42-32-26-39(27-33-42)38-18-10-9-11-19-38)44-36-30-41(31-37-44)52-50(25-13-8-6-4-2)54-46-21-15-17-23-48(46)56-52/h9-11,14-23,26-37H,3-8,12-13,24-25H2,1-2H3. The fourth-order valence-corrected chi connectivity index (χ4v) is 7.74. The first kappa shape index (κ1) is 37.7. The Morgan fingerprint density at radius 1 is 0.333 bits per heavy atom. The lowest BCUT2D eigenvalue weighted by Crippen LogP contribution is -2.10. The average Bonchev–Trinajstić information content (AvgIpc) is 3.27. The van der Waals surface area contributed by atoms with Crippen molar-refractivity contribution in [2.24, 2.45) is 0 Å². The summed E-state index contributed by atoms with van der Waals surface area (Å²) in [7, 11) is 0. The minimum absolute atomic E-state index is 0.920. The smallest absolute Gasteiger partial charge is 0.0925 e. The molecule has 2 heterocycles. The van der Waals surface area contributed by atoms with Crippen LogP contribution >= 0.6 is 0 Å². The van der Waals surface area contributed by atoms with Crippen molar-refractivity contribution in [2.75, 3.05) is 4.90 Å². The van der Waals surface area contributed by atoms with Gasteiger partial charge in [-0.05, 0) is 97.5 Å². The van der Waals surface area contributed by atoms with Crippen molar-refractivity contribution in [1.29, 1.82) is 0 Å². The number of nitrogens with zero attached hydrogens (tertiary/aromatic N) is 5. The highest BCUT2D eigenvalue weighted by Gasteiger charge is 2.17. The maximum Gasteiger partial charge on any atom is 0.0925 e. The van der Waals surface area contributed by atoms with Crippen LogP contribution in [0, 0.1) is 0 Å². The molecule has 5 nitrogen and oxygen atoms in total. The summed E-state index contributed by atoms with van der Waals surface area (Å²) in [5, 5.41) is 0. The van der Waals surface area contributed by atoms with Gasteiger partial charge in [0.1, 0.15) is 0 Å². The normalized spacial score (nSPS) is 11.3. The number of para-hydroxylation sites is 4. The van der Waals surface area contributed by atoms with E-state index >= 15 is 0 Å². The van der Waals surface area contributed by atoms with Crippen LogP contribution in [0.15, 0.2) is 152 Å². The predicted octanol–water partition coefficient (Wildman–Crippen LogP) is 14.3. The van der Waals surface area contributed by atoms with Crippen molar-refractivity contribution in [1.82, 2.24) is 19.9 Å². The number of unbranched alkanes of at least 4 members (excludes halogenated alkanes) is 6. The van der Waals surface area contributed by atoms with Gasteiger partial charge >= 0.3 is 0 Å². The van der Waals surface area contributed by atoms with Crippen molar-refractivity contribution < 1.29 is 0 Å². The van der Waals surface area contributed by atoms with Crippen LogP contribution < -0.4 is 4.90 Å². The number of benzene rings is 6. The van der Waals surface area contributed by atoms with Gasteiger partial charge in [-0.3, -0.25) is 0 Å². The molecule has 0 N–H and O–H groups in total. The largest absolute Gasteiger partial charge is 0.311 e. The number of rotatable bonds is 16. The van der Waals surface area contributed by atoms with Gasteiger partial charge in [0.05, 0.1) is 44.8 Å². The molecule has 0 radical (unpaired) electrons. The minimum atomic E-state index is 0.920. The van der Waals surface area contributed by atoms with Crippen LogP contribution in [0.5, 0.6) is 0 Å². The van der Waals surface area contributed by atoms with Crippen molar-refractivity contribution in [3.63, 3.8) is 0 Å². The van der Waals surface area contributed by atoms with Gasteiger partial charge in [-0.1, -0.05) is 143 Å². The monoisotopic (exact) mass is 745 g/mol. The first-order chi connectivity index (χ1) is 28.2. The number of aryl methyl sites for hydroxylation is 2. The van der Waals surface area contributed by atoms with Crippen molar-refractivity contribution >= 4 is 39.1 Å². The molecule has 0 spiro atoms. The Hall–Kier alpha value is -6.20. The van der Waals surface area contributed by atoms with E-state index in [0.29, 0.717) is 0 Å². The second-order valence-electron chi connectivity index (χ2n) is 15.0. The Bertz CT molecular complexity index is 2390. The minimum Gasteiger partial charge on any atom is -0.311 e. The summed E-state index contributed by atoms with van der Waals surface area (Å²) in [5.41, 5.74) is 15.6. The maximum absolute atomic E-state index is 5.18. The van der Waals surface area contributed by atoms with E-state index in [2.05, 4.69) is 146 Å². The fraction of sp³-hybridized carbons (Fsp3) is 0.231. The molecule has 0 amide bonds. The molecule has 8 aromatic rings. The summed E-state index contributed by atoms with van der Waals surface area (Å²) in [6, 6.07) is 53.5. The molecule has 0 saturated heterocycles. The number of hydrogen-bond donors (Lipinski definition) is 0. The fourth-order valence-electron chi connectivity index (χ4n) is 7.74. The first-order valence-corrected chi connectivity index (χ1v) is 20.9. The van der Waals surface area contributed by atoms with Crippen LogP contribution in [0.3, 0.4) is 0 Å². The van der Waals surface area contributed by atoms with E-state index in [0.717, 1.165) is 98.7 Å². The lowest BCUT2D eigenvalue weighted by atomic mass is 10.0. The Balaban J connectivity index is 1.16. The molecule has 0 aliphatic rings. The zero-order valence-electron chi connectivity index (χ0n) is 33.2. The molecule has 5 heteroatoms. The van der Waals surface area contributed by atoms with E-state index in [4.69, 9.17) is 19.9 Å². The van der Waals surface area contributed by atoms with Crippen LogP contribution in [-0.4, -0.2) is 19.9 Å². The third-order valence-electron chi connectivity index (χ3n) is 10.9. The van der Waals surface area contributed by atoms with Crippen LogP contribution in [0.2, 0.25) is 0 Å². The lowest BCUT2D eigenvalue weighted by molar-refractivity contribution is 0.661. The molecule has 0 atom stereocenters. The highest BCUT2D eigenvalue weighted by atomic mass is 15.1. The van der Waals surface area contributed by atoms with Crippen molar-refractivity contribution in [3.8, 4) is 33.6 Å². The van der Waals surface area contributed by atoms with Gasteiger partial charge in [0, 0.05) is 28.2 Å². The first-order valence-electron chi connectivity index (χ1n) is 20.9. The molecule has 57 heavy (non-hydrogen) atoms. The molecule has 0 bridgehead atoms. The zero-order chi connectivity index (χ0) is 38.8. The second kappa shape index (κ2) is 18.2. The number of anilines is 3.